The maximum atomic E-state index is 11.3. The Labute approximate surface area is 128 Å². The summed E-state index contributed by atoms with van der Waals surface area (Å²) >= 11 is 0. The summed E-state index contributed by atoms with van der Waals surface area (Å²) in [7, 11) is 0. The van der Waals surface area contributed by atoms with Gasteiger partial charge < -0.3 is 23.7 Å². The molecule has 1 heterocycles. The second-order valence-electron chi connectivity index (χ2n) is 4.62. The number of carbonyl (C=O) groups excluding carboxylic acids is 3. The van der Waals surface area contributed by atoms with Crippen molar-refractivity contribution in [2.75, 3.05) is 13.2 Å². The van der Waals surface area contributed by atoms with Crippen molar-refractivity contribution in [3.63, 3.8) is 0 Å². The first-order chi connectivity index (χ1) is 10.3. The molecule has 0 spiro atoms. The quantitative estimate of drug-likeness (QED) is 0.393. The van der Waals surface area contributed by atoms with Crippen molar-refractivity contribution in [2.45, 2.75) is 45.4 Å². The molecule has 1 fully saturated rings. The van der Waals surface area contributed by atoms with E-state index in [0.29, 0.717) is 0 Å². The molecule has 124 valence electrons. The highest BCUT2D eigenvalue weighted by Crippen LogP contribution is 2.25. The minimum atomic E-state index is -1.17. The van der Waals surface area contributed by atoms with Gasteiger partial charge in [-0.25, -0.2) is 0 Å². The lowest BCUT2D eigenvalue weighted by Crippen LogP contribution is -2.58. The third-order valence-corrected chi connectivity index (χ3v) is 2.70. The van der Waals surface area contributed by atoms with E-state index in [1.807, 2.05) is 0 Å². The van der Waals surface area contributed by atoms with Crippen LogP contribution in [0.2, 0.25) is 0 Å². The lowest BCUT2D eigenvalue weighted by Gasteiger charge is -2.39. The van der Waals surface area contributed by atoms with Crippen molar-refractivity contribution in [1.29, 1.82) is 0 Å². The SMILES string of the molecule is C=CCO[C@@H]1COC(OC(C)=O)[C@H](OC(C)=O)[C@H]1OC(C)=O. The molecule has 1 aliphatic heterocycles. The average Bonchev–Trinajstić information content (AvgIpc) is 2.40. The van der Waals surface area contributed by atoms with Crippen LogP contribution < -0.4 is 0 Å². The highest BCUT2D eigenvalue weighted by molar-refractivity contribution is 5.68. The van der Waals surface area contributed by atoms with E-state index in [-0.39, 0.29) is 13.2 Å². The predicted molar refractivity (Wildman–Crippen MR) is 72.6 cm³/mol. The molecule has 0 N–H and O–H groups in total. The van der Waals surface area contributed by atoms with E-state index in [1.165, 1.54) is 26.8 Å². The number of hydrogen-bond acceptors (Lipinski definition) is 8. The van der Waals surface area contributed by atoms with Gasteiger partial charge in [0.1, 0.15) is 6.10 Å². The van der Waals surface area contributed by atoms with Crippen LogP contribution in [-0.2, 0) is 38.1 Å². The number of rotatable bonds is 6. The standard InChI is InChI=1S/C14H20O8/c1-5-6-18-11-7-19-14(22-10(4)17)13(21-9(3)16)12(11)20-8(2)15/h5,11-14H,1,6-7H2,2-4H3/t11-,12+,13-,14?/m1/s1. The lowest BCUT2D eigenvalue weighted by atomic mass is 10.0. The van der Waals surface area contributed by atoms with Gasteiger partial charge in [0, 0.05) is 20.8 Å². The van der Waals surface area contributed by atoms with Crippen LogP contribution in [0.25, 0.3) is 0 Å². The average molecular weight is 316 g/mol. The van der Waals surface area contributed by atoms with E-state index in [2.05, 4.69) is 6.58 Å². The molecule has 22 heavy (non-hydrogen) atoms. The second kappa shape index (κ2) is 8.50. The van der Waals surface area contributed by atoms with Gasteiger partial charge in [-0.3, -0.25) is 14.4 Å². The van der Waals surface area contributed by atoms with Gasteiger partial charge in [0.2, 0.25) is 12.4 Å². The zero-order valence-electron chi connectivity index (χ0n) is 12.8. The zero-order valence-corrected chi connectivity index (χ0v) is 12.8. The zero-order chi connectivity index (χ0) is 16.7. The van der Waals surface area contributed by atoms with Crippen LogP contribution in [0.3, 0.4) is 0 Å². The molecule has 0 aromatic rings. The summed E-state index contributed by atoms with van der Waals surface area (Å²) in [4.78, 5) is 33.7. The minimum absolute atomic E-state index is 0.00149. The minimum Gasteiger partial charge on any atom is -0.455 e. The van der Waals surface area contributed by atoms with Crippen LogP contribution in [0.1, 0.15) is 20.8 Å². The summed E-state index contributed by atoms with van der Waals surface area (Å²) in [5.41, 5.74) is 0. The topological polar surface area (TPSA) is 97.4 Å². The molecule has 1 aliphatic rings. The maximum absolute atomic E-state index is 11.3. The second-order valence-corrected chi connectivity index (χ2v) is 4.62. The van der Waals surface area contributed by atoms with Crippen LogP contribution in [0.5, 0.6) is 0 Å². The van der Waals surface area contributed by atoms with Crippen LogP contribution in [0.4, 0.5) is 0 Å². The van der Waals surface area contributed by atoms with Crippen molar-refractivity contribution in [2.24, 2.45) is 0 Å². The van der Waals surface area contributed by atoms with Crippen LogP contribution in [0, 0.1) is 0 Å². The highest BCUT2D eigenvalue weighted by atomic mass is 16.7. The Bertz CT molecular complexity index is 433. The van der Waals surface area contributed by atoms with E-state index in [1.54, 1.807) is 0 Å². The molecule has 1 unspecified atom stereocenters. The summed E-state index contributed by atoms with van der Waals surface area (Å²) in [6, 6.07) is 0. The summed E-state index contributed by atoms with van der Waals surface area (Å²) in [5.74, 6) is -1.83. The summed E-state index contributed by atoms with van der Waals surface area (Å²) < 4.78 is 26.1. The summed E-state index contributed by atoms with van der Waals surface area (Å²) in [5, 5.41) is 0. The molecule has 1 saturated heterocycles. The van der Waals surface area contributed by atoms with Crippen molar-refractivity contribution >= 4 is 17.9 Å². The van der Waals surface area contributed by atoms with Gasteiger partial charge in [0.15, 0.2) is 6.10 Å². The lowest BCUT2D eigenvalue weighted by molar-refractivity contribution is -0.275. The van der Waals surface area contributed by atoms with Crippen molar-refractivity contribution in [3.8, 4) is 0 Å². The predicted octanol–water partition coefficient (Wildman–Crippen LogP) is 0.340. The fourth-order valence-corrected chi connectivity index (χ4v) is 1.99. The Morgan fingerprint density at radius 2 is 1.59 bits per heavy atom. The number of hydrogen-bond donors (Lipinski definition) is 0. The molecule has 0 saturated carbocycles. The van der Waals surface area contributed by atoms with Crippen molar-refractivity contribution in [1.82, 2.24) is 0 Å². The monoisotopic (exact) mass is 316 g/mol. The Balaban J connectivity index is 2.97. The van der Waals surface area contributed by atoms with Gasteiger partial charge in [-0.15, -0.1) is 6.58 Å². The van der Waals surface area contributed by atoms with Crippen molar-refractivity contribution in [3.05, 3.63) is 12.7 Å². The fourth-order valence-electron chi connectivity index (χ4n) is 1.99. The smallest absolute Gasteiger partial charge is 0.305 e. The van der Waals surface area contributed by atoms with E-state index < -0.39 is 42.5 Å². The van der Waals surface area contributed by atoms with Gasteiger partial charge in [-0.05, 0) is 0 Å². The van der Waals surface area contributed by atoms with E-state index in [0.717, 1.165) is 0 Å². The Kier molecular flexibility index (Phi) is 7.00. The van der Waals surface area contributed by atoms with Gasteiger partial charge in [-0.1, -0.05) is 6.08 Å². The van der Waals surface area contributed by atoms with Crippen LogP contribution >= 0.6 is 0 Å². The highest BCUT2D eigenvalue weighted by Gasteiger charge is 2.47. The molecule has 0 bridgehead atoms. The number of ether oxygens (including phenoxy) is 5. The molecular formula is C14H20O8. The first-order valence-corrected chi connectivity index (χ1v) is 6.71. The molecule has 0 aromatic carbocycles. The molecule has 0 amide bonds. The Morgan fingerprint density at radius 1 is 1.05 bits per heavy atom. The molecule has 4 atom stereocenters. The molecule has 1 rings (SSSR count). The fraction of sp³-hybridized carbons (Fsp3) is 0.643. The molecule has 8 nitrogen and oxygen atoms in total. The molecule has 0 radical (unpaired) electrons. The Morgan fingerprint density at radius 3 is 2.09 bits per heavy atom. The maximum Gasteiger partial charge on any atom is 0.305 e. The first-order valence-electron chi connectivity index (χ1n) is 6.71. The normalized spacial score (nSPS) is 27.6. The molecule has 0 aliphatic carbocycles. The number of esters is 3. The largest absolute Gasteiger partial charge is 0.455 e. The van der Waals surface area contributed by atoms with E-state index in [9.17, 15) is 14.4 Å². The summed E-state index contributed by atoms with van der Waals surface area (Å²) in [6.45, 7) is 7.31. The molecule has 8 heteroatoms. The van der Waals surface area contributed by atoms with Gasteiger partial charge >= 0.3 is 17.9 Å². The van der Waals surface area contributed by atoms with Gasteiger partial charge in [0.25, 0.3) is 0 Å². The summed E-state index contributed by atoms with van der Waals surface area (Å²) in [6.07, 6.45) is -2.41. The number of carbonyl (C=O) groups is 3. The van der Waals surface area contributed by atoms with E-state index in [4.69, 9.17) is 23.7 Å². The molecule has 0 aromatic heterocycles. The van der Waals surface area contributed by atoms with Gasteiger partial charge in [0.05, 0.1) is 13.2 Å². The third-order valence-electron chi connectivity index (χ3n) is 2.70. The molecular weight excluding hydrogens is 296 g/mol. The van der Waals surface area contributed by atoms with Crippen LogP contribution in [-0.4, -0.2) is 55.7 Å². The first kappa shape index (κ1) is 18.1. The Hall–Kier alpha value is -1.93. The van der Waals surface area contributed by atoms with Crippen LogP contribution in [0.15, 0.2) is 12.7 Å². The van der Waals surface area contributed by atoms with E-state index >= 15 is 0 Å². The van der Waals surface area contributed by atoms with Crippen molar-refractivity contribution < 1.29 is 38.1 Å². The van der Waals surface area contributed by atoms with Gasteiger partial charge in [-0.2, -0.15) is 0 Å². The third kappa shape index (κ3) is 5.45.